The van der Waals surface area contributed by atoms with Gasteiger partial charge < -0.3 is 14.5 Å². The highest BCUT2D eigenvalue weighted by Crippen LogP contribution is 2.52. The number of tetrazole rings is 1. The summed E-state index contributed by atoms with van der Waals surface area (Å²) < 4.78 is 53.6. The van der Waals surface area contributed by atoms with Crippen LogP contribution in [-0.2, 0) is 17.5 Å². The van der Waals surface area contributed by atoms with Crippen molar-refractivity contribution in [2.45, 2.75) is 49.5 Å². The van der Waals surface area contributed by atoms with Crippen molar-refractivity contribution in [3.05, 3.63) is 83.7 Å². The molecule has 39 heavy (non-hydrogen) atoms. The van der Waals surface area contributed by atoms with Gasteiger partial charge in [0, 0.05) is 29.9 Å². The molecule has 12 heteroatoms. The molecule has 2 saturated heterocycles. The van der Waals surface area contributed by atoms with Crippen molar-refractivity contribution in [3.63, 3.8) is 0 Å². The number of hydrogen-bond donors (Lipinski definition) is 1. The van der Waals surface area contributed by atoms with Gasteiger partial charge in [0.05, 0.1) is 37.4 Å². The van der Waals surface area contributed by atoms with Crippen LogP contribution in [0.1, 0.15) is 53.9 Å². The van der Waals surface area contributed by atoms with Gasteiger partial charge in [0.1, 0.15) is 5.75 Å². The van der Waals surface area contributed by atoms with Gasteiger partial charge >= 0.3 is 6.18 Å². The average molecular weight is 540 g/mol. The molecule has 3 unspecified atom stereocenters. The van der Waals surface area contributed by atoms with Gasteiger partial charge in [-0.25, -0.2) is 4.98 Å². The zero-order valence-electron chi connectivity index (χ0n) is 21.3. The van der Waals surface area contributed by atoms with Gasteiger partial charge in [0.25, 0.3) is 5.82 Å². The second-order valence-electron chi connectivity index (χ2n) is 10.1. The lowest BCUT2D eigenvalue weighted by Crippen LogP contribution is -2.50. The highest BCUT2D eigenvalue weighted by Gasteiger charge is 2.52. The standard InChI is InChI=1S/C27H28F3N7O2/c1-38-23-9-8-21(37-25(27(28,29)30)33-34-35-37)12-22(23)19-13-26(39-16-19)10-5-11-36(15-20-14-31-17-32-20)24(26)18-6-3-2-4-7-18/h2-4,6-9,12,14,17,19,24H,5,10-11,13,15-16H2,1H3,(H,31,32). The summed E-state index contributed by atoms with van der Waals surface area (Å²) in [7, 11) is 1.56. The fourth-order valence-corrected chi connectivity index (χ4v) is 6.17. The number of halogens is 3. The van der Waals surface area contributed by atoms with Crippen LogP contribution in [0.15, 0.2) is 61.1 Å². The first-order chi connectivity index (χ1) is 18.9. The minimum atomic E-state index is -4.69. The number of hydrogen-bond acceptors (Lipinski definition) is 7. The number of methoxy groups -OCH3 is 1. The molecular weight excluding hydrogens is 511 g/mol. The Hall–Kier alpha value is -3.77. The van der Waals surface area contributed by atoms with Gasteiger partial charge in [0.15, 0.2) is 0 Å². The van der Waals surface area contributed by atoms with E-state index >= 15 is 0 Å². The van der Waals surface area contributed by atoms with Crippen LogP contribution in [0.4, 0.5) is 13.2 Å². The quantitative estimate of drug-likeness (QED) is 0.380. The van der Waals surface area contributed by atoms with Gasteiger partial charge in [-0.1, -0.05) is 30.3 Å². The SMILES string of the molecule is COc1ccc(-n2nnnc2C(F)(F)F)cc1C1COC2(CCCN(Cc3cnc[nH]3)C2c2ccccc2)C1. The third-order valence-electron chi connectivity index (χ3n) is 7.74. The summed E-state index contributed by atoms with van der Waals surface area (Å²) in [6, 6.07) is 15.2. The minimum absolute atomic E-state index is 0.00808. The molecule has 0 amide bonds. The number of benzene rings is 2. The number of likely N-dealkylation sites (tertiary alicyclic amines) is 1. The molecule has 2 aromatic heterocycles. The van der Waals surface area contributed by atoms with E-state index in [4.69, 9.17) is 9.47 Å². The fraction of sp³-hybridized carbons (Fsp3) is 0.407. The van der Waals surface area contributed by atoms with Crippen LogP contribution < -0.4 is 4.74 Å². The monoisotopic (exact) mass is 539 g/mol. The predicted molar refractivity (Wildman–Crippen MR) is 134 cm³/mol. The Morgan fingerprint density at radius 2 is 2.03 bits per heavy atom. The van der Waals surface area contributed by atoms with Crippen LogP contribution in [0.3, 0.4) is 0 Å². The van der Waals surface area contributed by atoms with E-state index in [2.05, 4.69) is 42.5 Å². The summed E-state index contributed by atoms with van der Waals surface area (Å²) in [6.45, 7) is 2.03. The van der Waals surface area contributed by atoms with Crippen LogP contribution in [-0.4, -0.2) is 60.9 Å². The molecule has 6 rings (SSSR count). The van der Waals surface area contributed by atoms with E-state index in [0.717, 1.165) is 30.6 Å². The Balaban J connectivity index is 1.36. The third kappa shape index (κ3) is 4.78. The zero-order valence-corrected chi connectivity index (χ0v) is 21.3. The lowest BCUT2D eigenvalue weighted by Gasteiger charge is -2.48. The van der Waals surface area contributed by atoms with Gasteiger partial charge in [-0.15, -0.1) is 5.10 Å². The third-order valence-corrected chi connectivity index (χ3v) is 7.74. The first-order valence-corrected chi connectivity index (χ1v) is 12.8. The van der Waals surface area contributed by atoms with Crippen molar-refractivity contribution >= 4 is 0 Å². The van der Waals surface area contributed by atoms with E-state index in [9.17, 15) is 13.2 Å². The maximum atomic E-state index is 13.5. The molecule has 3 atom stereocenters. The summed E-state index contributed by atoms with van der Waals surface area (Å²) >= 11 is 0. The fourth-order valence-electron chi connectivity index (χ4n) is 6.17. The van der Waals surface area contributed by atoms with E-state index in [1.54, 1.807) is 25.6 Å². The maximum absolute atomic E-state index is 13.5. The van der Waals surface area contributed by atoms with Crippen LogP contribution >= 0.6 is 0 Å². The number of alkyl halides is 3. The van der Waals surface area contributed by atoms with Crippen molar-refractivity contribution < 1.29 is 22.6 Å². The number of imidazole rings is 1. The number of nitrogens with zero attached hydrogens (tertiary/aromatic N) is 6. The van der Waals surface area contributed by atoms with Crippen molar-refractivity contribution in [2.24, 2.45) is 0 Å². The molecule has 0 bridgehead atoms. The van der Waals surface area contributed by atoms with E-state index in [1.165, 1.54) is 11.6 Å². The van der Waals surface area contributed by atoms with E-state index in [-0.39, 0.29) is 17.6 Å². The highest BCUT2D eigenvalue weighted by atomic mass is 19.4. The van der Waals surface area contributed by atoms with Crippen LogP contribution in [0, 0.1) is 0 Å². The number of ether oxygens (including phenoxy) is 2. The number of aromatic nitrogens is 6. The second kappa shape index (κ2) is 10.1. The zero-order chi connectivity index (χ0) is 27.0. The number of aromatic amines is 1. The molecule has 9 nitrogen and oxygen atoms in total. The van der Waals surface area contributed by atoms with Crippen molar-refractivity contribution in [2.75, 3.05) is 20.3 Å². The maximum Gasteiger partial charge on any atom is 0.453 e. The molecule has 2 fully saturated rings. The minimum Gasteiger partial charge on any atom is -0.496 e. The molecule has 0 radical (unpaired) electrons. The largest absolute Gasteiger partial charge is 0.496 e. The summed E-state index contributed by atoms with van der Waals surface area (Å²) in [4.78, 5) is 9.82. The average Bonchev–Trinajstić information content (AvgIpc) is 3.71. The number of H-pyrrole nitrogens is 1. The molecule has 204 valence electrons. The predicted octanol–water partition coefficient (Wildman–Crippen LogP) is 4.69. The number of piperidine rings is 1. The molecule has 4 heterocycles. The Morgan fingerprint density at radius 1 is 1.18 bits per heavy atom. The molecular formula is C27H28F3N7O2. The summed E-state index contributed by atoms with van der Waals surface area (Å²) in [5.74, 6) is -0.680. The topological polar surface area (TPSA) is 94.0 Å². The van der Waals surface area contributed by atoms with Gasteiger partial charge in [-0.3, -0.25) is 4.90 Å². The van der Waals surface area contributed by atoms with E-state index in [1.807, 2.05) is 24.4 Å². The van der Waals surface area contributed by atoms with Gasteiger partial charge in [-0.05, 0) is 60.0 Å². The van der Waals surface area contributed by atoms with Gasteiger partial charge in [-0.2, -0.15) is 17.9 Å². The van der Waals surface area contributed by atoms with Crippen molar-refractivity contribution in [3.8, 4) is 11.4 Å². The summed E-state index contributed by atoms with van der Waals surface area (Å²) in [6.07, 6.45) is 1.35. The molecule has 0 aliphatic carbocycles. The summed E-state index contributed by atoms with van der Waals surface area (Å²) in [5, 5.41) is 10.1. The molecule has 1 spiro atoms. The van der Waals surface area contributed by atoms with E-state index in [0.29, 0.717) is 30.0 Å². The molecule has 1 N–H and O–H groups in total. The molecule has 4 aromatic rings. The second-order valence-corrected chi connectivity index (χ2v) is 10.1. The number of rotatable bonds is 6. The van der Waals surface area contributed by atoms with Crippen LogP contribution in [0.5, 0.6) is 5.75 Å². The van der Waals surface area contributed by atoms with Crippen LogP contribution in [0.25, 0.3) is 5.69 Å². The molecule has 2 aromatic carbocycles. The normalized spacial score (nSPS) is 23.9. The Bertz CT molecular complexity index is 1410. The first-order valence-electron chi connectivity index (χ1n) is 12.8. The lowest BCUT2D eigenvalue weighted by molar-refractivity contribution is -0.146. The van der Waals surface area contributed by atoms with Crippen LogP contribution in [0.2, 0.25) is 0 Å². The van der Waals surface area contributed by atoms with Gasteiger partial charge in [0.2, 0.25) is 0 Å². The lowest BCUT2D eigenvalue weighted by atomic mass is 9.75. The van der Waals surface area contributed by atoms with E-state index < -0.39 is 17.6 Å². The Morgan fingerprint density at radius 3 is 2.77 bits per heavy atom. The molecule has 2 aliphatic rings. The van der Waals surface area contributed by atoms with Crippen molar-refractivity contribution in [1.82, 2.24) is 35.1 Å². The Labute approximate surface area is 223 Å². The van der Waals surface area contributed by atoms with Crippen molar-refractivity contribution in [1.29, 1.82) is 0 Å². The molecule has 0 saturated carbocycles. The number of nitrogens with one attached hydrogen (secondary N) is 1. The Kier molecular flexibility index (Phi) is 6.59. The first kappa shape index (κ1) is 25.5. The molecule has 2 aliphatic heterocycles. The highest BCUT2D eigenvalue weighted by molar-refractivity contribution is 5.47. The summed E-state index contributed by atoms with van der Waals surface area (Å²) in [5.41, 5.74) is 2.71. The smallest absolute Gasteiger partial charge is 0.453 e.